The van der Waals surface area contributed by atoms with Crippen LogP contribution in [0.3, 0.4) is 0 Å². The minimum absolute atomic E-state index is 1.06. The Morgan fingerprint density at radius 3 is 1.64 bits per heavy atom. The molecule has 0 nitrogen and oxygen atoms in total. The average molecular weight is 331 g/mol. The van der Waals surface area contributed by atoms with Crippen molar-refractivity contribution in [2.45, 2.75) is 61.3 Å². The molecule has 25 heavy (non-hydrogen) atoms. The highest BCUT2D eigenvalue weighted by molar-refractivity contribution is 6.13. The molecule has 3 rings (SSSR count). The topological polar surface area (TPSA) is 0 Å². The molecule has 0 aliphatic heterocycles. The summed E-state index contributed by atoms with van der Waals surface area (Å²) in [6.45, 7) is 15.7. The molecule has 0 heterocycles. The van der Waals surface area contributed by atoms with Crippen molar-refractivity contribution in [3.05, 3.63) is 63.2 Å². The first-order valence-electron chi connectivity index (χ1n) is 9.51. The van der Waals surface area contributed by atoms with E-state index in [1.807, 2.05) is 0 Å². The van der Waals surface area contributed by atoms with Gasteiger partial charge < -0.3 is 0 Å². The van der Waals surface area contributed by atoms with Crippen LogP contribution >= 0.6 is 0 Å². The lowest BCUT2D eigenvalue weighted by Gasteiger charge is -2.18. The maximum atomic E-state index is 2.42. The average Bonchev–Trinajstić information content (AvgIpc) is 2.58. The Hall–Kier alpha value is -2.08. The van der Waals surface area contributed by atoms with Gasteiger partial charge in [0.2, 0.25) is 0 Å². The summed E-state index contributed by atoms with van der Waals surface area (Å²) in [6.07, 6.45) is 4.58. The molecule has 0 fully saturated rings. The number of allylic oxidation sites excluding steroid dienone is 1. The van der Waals surface area contributed by atoms with Crippen molar-refractivity contribution in [3.8, 4) is 0 Å². The van der Waals surface area contributed by atoms with Crippen molar-refractivity contribution < 1.29 is 0 Å². The quantitative estimate of drug-likeness (QED) is 0.434. The molecular formula is C25H30. The third kappa shape index (κ3) is 2.99. The number of hydrogen-bond acceptors (Lipinski definition) is 0. The molecule has 0 radical (unpaired) electrons. The predicted octanol–water partition coefficient (Wildman–Crippen LogP) is 7.60. The minimum Gasteiger partial charge on any atom is -0.0730 e. The van der Waals surface area contributed by atoms with E-state index >= 15 is 0 Å². The van der Waals surface area contributed by atoms with Gasteiger partial charge in [-0.2, -0.15) is 0 Å². The van der Waals surface area contributed by atoms with Crippen LogP contribution < -0.4 is 0 Å². The van der Waals surface area contributed by atoms with Gasteiger partial charge in [-0.25, -0.2) is 0 Å². The summed E-state index contributed by atoms with van der Waals surface area (Å²) in [5.41, 5.74) is 9.87. The molecule has 3 aromatic carbocycles. The summed E-state index contributed by atoms with van der Waals surface area (Å²) in [7, 11) is 0. The highest BCUT2D eigenvalue weighted by atomic mass is 14.2. The molecule has 0 heteroatoms. The highest BCUT2D eigenvalue weighted by Gasteiger charge is 2.14. The SMILES string of the molecule is CCC(C)=Cc1c(CC)c2cc(C)c(C)cc2c2cc(C)c(C)cc12. The molecule has 0 saturated carbocycles. The zero-order valence-corrected chi connectivity index (χ0v) is 16.8. The third-order valence-electron chi connectivity index (χ3n) is 5.80. The summed E-state index contributed by atoms with van der Waals surface area (Å²) < 4.78 is 0. The van der Waals surface area contributed by atoms with Crippen molar-refractivity contribution in [1.82, 2.24) is 0 Å². The summed E-state index contributed by atoms with van der Waals surface area (Å²) in [5.74, 6) is 0. The normalized spacial score (nSPS) is 12.4. The van der Waals surface area contributed by atoms with E-state index in [1.165, 1.54) is 60.5 Å². The second-order valence-electron chi connectivity index (χ2n) is 7.55. The Bertz CT molecular complexity index is 1000. The summed E-state index contributed by atoms with van der Waals surface area (Å²) in [4.78, 5) is 0. The Kier molecular flexibility index (Phi) is 4.73. The Labute approximate surface area is 152 Å². The van der Waals surface area contributed by atoms with Crippen molar-refractivity contribution in [1.29, 1.82) is 0 Å². The van der Waals surface area contributed by atoms with Crippen LogP contribution in [0.4, 0.5) is 0 Å². The molecule has 0 saturated heterocycles. The van der Waals surface area contributed by atoms with E-state index in [2.05, 4.69) is 78.8 Å². The lowest BCUT2D eigenvalue weighted by molar-refractivity contribution is 1.11. The Morgan fingerprint density at radius 2 is 1.16 bits per heavy atom. The van der Waals surface area contributed by atoms with Crippen molar-refractivity contribution in [3.63, 3.8) is 0 Å². The first-order valence-corrected chi connectivity index (χ1v) is 9.51. The molecule has 0 N–H and O–H groups in total. The van der Waals surface area contributed by atoms with Gasteiger partial charge in [0.25, 0.3) is 0 Å². The van der Waals surface area contributed by atoms with Gasteiger partial charge in [-0.3, -0.25) is 0 Å². The molecule has 0 unspecified atom stereocenters. The van der Waals surface area contributed by atoms with Gasteiger partial charge in [0, 0.05) is 0 Å². The highest BCUT2D eigenvalue weighted by Crippen LogP contribution is 2.37. The monoisotopic (exact) mass is 330 g/mol. The van der Waals surface area contributed by atoms with E-state index in [9.17, 15) is 0 Å². The molecule has 0 aliphatic rings. The summed E-state index contributed by atoms with van der Waals surface area (Å²) in [6, 6.07) is 9.57. The van der Waals surface area contributed by atoms with Crippen LogP contribution in [0.5, 0.6) is 0 Å². The van der Waals surface area contributed by atoms with Crippen LogP contribution in [0.15, 0.2) is 29.8 Å². The molecule has 130 valence electrons. The second kappa shape index (κ2) is 6.67. The molecule has 0 aromatic heterocycles. The number of aryl methyl sites for hydroxylation is 5. The van der Waals surface area contributed by atoms with Gasteiger partial charge >= 0.3 is 0 Å². The fraction of sp³-hybridized carbons (Fsp3) is 0.360. The maximum Gasteiger partial charge on any atom is -0.00963 e. The first-order chi connectivity index (χ1) is 11.9. The zero-order chi connectivity index (χ0) is 18.3. The molecule has 3 aromatic rings. The Balaban J connectivity index is 2.61. The fourth-order valence-corrected chi connectivity index (χ4v) is 3.75. The number of fused-ring (bicyclic) bond motifs is 3. The van der Waals surface area contributed by atoms with E-state index < -0.39 is 0 Å². The minimum atomic E-state index is 1.06. The number of benzene rings is 3. The van der Waals surface area contributed by atoms with Crippen LogP contribution in [-0.4, -0.2) is 0 Å². The number of hydrogen-bond donors (Lipinski definition) is 0. The van der Waals surface area contributed by atoms with Gasteiger partial charge in [0.1, 0.15) is 0 Å². The summed E-state index contributed by atoms with van der Waals surface area (Å²) >= 11 is 0. The van der Waals surface area contributed by atoms with E-state index in [0.717, 1.165) is 12.8 Å². The second-order valence-corrected chi connectivity index (χ2v) is 7.55. The predicted molar refractivity (Wildman–Crippen MR) is 114 cm³/mol. The van der Waals surface area contributed by atoms with E-state index in [1.54, 1.807) is 0 Å². The standard InChI is InChI=1S/C25H30/c1-8-15(3)10-21-20(9-2)22-11-16(4)18(6)13-24(22)25-14-19(7)17(5)12-23(21)25/h10-14H,8-9H2,1-7H3. The largest absolute Gasteiger partial charge is 0.0730 e. The van der Waals surface area contributed by atoms with Gasteiger partial charge in [0.05, 0.1) is 0 Å². The molecule has 0 atom stereocenters. The van der Waals surface area contributed by atoms with Crippen LogP contribution in [0.1, 0.15) is 60.6 Å². The van der Waals surface area contributed by atoms with Crippen molar-refractivity contribution in [2.75, 3.05) is 0 Å². The van der Waals surface area contributed by atoms with Crippen LogP contribution in [-0.2, 0) is 6.42 Å². The maximum absolute atomic E-state index is 2.42. The fourth-order valence-electron chi connectivity index (χ4n) is 3.75. The van der Waals surface area contributed by atoms with Gasteiger partial charge in [0.15, 0.2) is 0 Å². The van der Waals surface area contributed by atoms with E-state index in [0.29, 0.717) is 0 Å². The van der Waals surface area contributed by atoms with E-state index in [-0.39, 0.29) is 0 Å². The number of rotatable bonds is 3. The van der Waals surface area contributed by atoms with Gasteiger partial charge in [-0.15, -0.1) is 0 Å². The Morgan fingerprint density at radius 1 is 0.720 bits per heavy atom. The molecule has 0 bridgehead atoms. The van der Waals surface area contributed by atoms with Gasteiger partial charge in [-0.1, -0.05) is 49.8 Å². The molecule has 0 amide bonds. The lowest BCUT2D eigenvalue weighted by atomic mass is 9.86. The van der Waals surface area contributed by atoms with Crippen LogP contribution in [0.25, 0.3) is 27.6 Å². The third-order valence-corrected chi connectivity index (χ3v) is 5.80. The summed E-state index contributed by atoms with van der Waals surface area (Å²) in [5, 5.41) is 5.64. The smallest absolute Gasteiger partial charge is 0.00963 e. The molecule has 0 aliphatic carbocycles. The molecule has 0 spiro atoms. The van der Waals surface area contributed by atoms with Crippen LogP contribution in [0, 0.1) is 27.7 Å². The van der Waals surface area contributed by atoms with Crippen molar-refractivity contribution >= 4 is 27.6 Å². The van der Waals surface area contributed by atoms with E-state index in [4.69, 9.17) is 0 Å². The van der Waals surface area contributed by atoms with Crippen molar-refractivity contribution in [2.24, 2.45) is 0 Å². The lowest BCUT2D eigenvalue weighted by Crippen LogP contribution is -1.96. The van der Waals surface area contributed by atoms with Gasteiger partial charge in [-0.05, 0) is 102 Å². The van der Waals surface area contributed by atoms with Crippen LogP contribution in [0.2, 0.25) is 0 Å². The zero-order valence-electron chi connectivity index (χ0n) is 16.8. The molecular weight excluding hydrogens is 300 g/mol. The first kappa shape index (κ1) is 17.7.